The molecular formula is C13H18N2. The van der Waals surface area contributed by atoms with Crippen molar-refractivity contribution in [1.29, 1.82) is 0 Å². The fraction of sp³-hybridized carbons (Fsp3) is 0.462. The molecule has 0 fully saturated rings. The topological polar surface area (TPSA) is 24.9 Å². The summed E-state index contributed by atoms with van der Waals surface area (Å²) in [7, 11) is 1.97. The van der Waals surface area contributed by atoms with Crippen LogP contribution in [0.4, 0.5) is 0 Å². The minimum absolute atomic E-state index is 0.870. The van der Waals surface area contributed by atoms with Gasteiger partial charge in [0.05, 0.1) is 0 Å². The second kappa shape index (κ2) is 7.03. The Kier molecular flexibility index (Phi) is 5.50. The number of aromatic nitrogens is 1. The quantitative estimate of drug-likeness (QED) is 0.597. The summed E-state index contributed by atoms with van der Waals surface area (Å²) in [6.07, 6.45) is 5.15. The van der Waals surface area contributed by atoms with Gasteiger partial charge in [-0.15, -0.1) is 0 Å². The molecule has 1 heterocycles. The molecule has 2 heteroatoms. The van der Waals surface area contributed by atoms with E-state index in [0.717, 1.165) is 25.1 Å². The van der Waals surface area contributed by atoms with Crippen molar-refractivity contribution in [2.75, 3.05) is 13.6 Å². The van der Waals surface area contributed by atoms with Crippen molar-refractivity contribution >= 4 is 0 Å². The fourth-order valence-electron chi connectivity index (χ4n) is 1.21. The first kappa shape index (κ1) is 11.7. The molecule has 0 unspecified atom stereocenters. The smallest absolute Gasteiger partial charge is 0.113 e. The minimum Gasteiger partial charge on any atom is -0.320 e. The van der Waals surface area contributed by atoms with Gasteiger partial charge in [0.15, 0.2) is 0 Å². The first-order valence-corrected chi connectivity index (χ1v) is 5.39. The number of nitrogens with zero attached hydrogens (tertiary/aromatic N) is 1. The number of nitrogens with one attached hydrogen (secondary N) is 1. The third kappa shape index (κ3) is 5.19. The predicted octanol–water partition coefficient (Wildman–Crippen LogP) is 2.13. The van der Waals surface area contributed by atoms with E-state index in [0.29, 0.717) is 0 Å². The molecule has 0 amide bonds. The van der Waals surface area contributed by atoms with Crippen molar-refractivity contribution in [2.24, 2.45) is 0 Å². The number of pyridine rings is 1. The van der Waals surface area contributed by atoms with Crippen LogP contribution in [0.3, 0.4) is 0 Å². The molecule has 1 rings (SSSR count). The van der Waals surface area contributed by atoms with Gasteiger partial charge in [0, 0.05) is 12.6 Å². The highest BCUT2D eigenvalue weighted by atomic mass is 14.8. The maximum atomic E-state index is 4.23. The molecule has 0 aliphatic heterocycles. The maximum absolute atomic E-state index is 4.23. The highest BCUT2D eigenvalue weighted by Gasteiger charge is 1.87. The van der Waals surface area contributed by atoms with Gasteiger partial charge in [0.1, 0.15) is 5.69 Å². The van der Waals surface area contributed by atoms with Gasteiger partial charge in [0.25, 0.3) is 0 Å². The Bertz CT molecular complexity index is 330. The van der Waals surface area contributed by atoms with E-state index >= 15 is 0 Å². The molecule has 0 aliphatic carbocycles. The van der Waals surface area contributed by atoms with Crippen LogP contribution < -0.4 is 5.32 Å². The molecule has 0 saturated heterocycles. The first-order chi connectivity index (χ1) is 7.33. The molecular weight excluding hydrogens is 184 g/mol. The Hall–Kier alpha value is -1.33. The molecule has 1 aromatic rings. The third-order valence-electron chi connectivity index (χ3n) is 2.11. The number of hydrogen-bond acceptors (Lipinski definition) is 2. The average Bonchev–Trinajstić information content (AvgIpc) is 2.26. The van der Waals surface area contributed by atoms with Crippen LogP contribution in [-0.4, -0.2) is 18.6 Å². The summed E-state index contributed by atoms with van der Waals surface area (Å²) in [5.74, 6) is 6.21. The molecule has 2 nitrogen and oxygen atoms in total. The highest BCUT2D eigenvalue weighted by molar-refractivity contribution is 5.28. The maximum Gasteiger partial charge on any atom is 0.113 e. The van der Waals surface area contributed by atoms with Crippen LogP contribution in [-0.2, 0) is 0 Å². The van der Waals surface area contributed by atoms with Gasteiger partial charge in [-0.05, 0) is 50.9 Å². The Morgan fingerprint density at radius 2 is 2.20 bits per heavy atom. The Morgan fingerprint density at radius 1 is 1.33 bits per heavy atom. The Balaban J connectivity index is 2.28. The predicted molar refractivity (Wildman–Crippen MR) is 63.6 cm³/mol. The minimum atomic E-state index is 0.870. The monoisotopic (exact) mass is 202 g/mol. The summed E-state index contributed by atoms with van der Waals surface area (Å²) in [5, 5.41) is 3.12. The van der Waals surface area contributed by atoms with E-state index in [9.17, 15) is 0 Å². The second-order valence-corrected chi connectivity index (χ2v) is 3.58. The van der Waals surface area contributed by atoms with Crippen LogP contribution in [0.5, 0.6) is 0 Å². The first-order valence-electron chi connectivity index (χ1n) is 5.39. The van der Waals surface area contributed by atoms with Crippen LogP contribution in [0.15, 0.2) is 18.3 Å². The molecule has 0 saturated carbocycles. The average molecular weight is 202 g/mol. The van der Waals surface area contributed by atoms with E-state index < -0.39 is 0 Å². The normalized spacial score (nSPS) is 9.47. The number of rotatable bonds is 4. The van der Waals surface area contributed by atoms with Crippen molar-refractivity contribution in [2.45, 2.75) is 26.2 Å². The van der Waals surface area contributed by atoms with Crippen LogP contribution in [0.1, 0.15) is 30.5 Å². The van der Waals surface area contributed by atoms with E-state index in [1.54, 1.807) is 0 Å². The van der Waals surface area contributed by atoms with Crippen molar-refractivity contribution in [3.63, 3.8) is 0 Å². The molecule has 0 aromatic carbocycles. The van der Waals surface area contributed by atoms with Crippen LogP contribution in [0.25, 0.3) is 0 Å². The SMILES string of the molecule is CNCCCCC#Cc1ccc(C)cn1. The van der Waals surface area contributed by atoms with Crippen molar-refractivity contribution in [1.82, 2.24) is 10.3 Å². The van der Waals surface area contributed by atoms with E-state index in [2.05, 4.69) is 22.1 Å². The summed E-state index contributed by atoms with van der Waals surface area (Å²) in [4.78, 5) is 4.23. The largest absolute Gasteiger partial charge is 0.320 e. The third-order valence-corrected chi connectivity index (χ3v) is 2.11. The van der Waals surface area contributed by atoms with Gasteiger partial charge in [-0.2, -0.15) is 0 Å². The summed E-state index contributed by atoms with van der Waals surface area (Å²) in [6.45, 7) is 3.10. The van der Waals surface area contributed by atoms with E-state index in [-0.39, 0.29) is 0 Å². The Morgan fingerprint density at radius 3 is 2.87 bits per heavy atom. The van der Waals surface area contributed by atoms with Crippen molar-refractivity contribution in [3.8, 4) is 11.8 Å². The highest BCUT2D eigenvalue weighted by Crippen LogP contribution is 1.97. The summed E-state index contributed by atoms with van der Waals surface area (Å²) >= 11 is 0. The number of hydrogen-bond donors (Lipinski definition) is 1. The molecule has 0 bridgehead atoms. The van der Waals surface area contributed by atoms with Crippen molar-refractivity contribution < 1.29 is 0 Å². The van der Waals surface area contributed by atoms with Gasteiger partial charge in [-0.3, -0.25) is 0 Å². The van der Waals surface area contributed by atoms with E-state index in [4.69, 9.17) is 0 Å². The van der Waals surface area contributed by atoms with E-state index in [1.165, 1.54) is 12.0 Å². The Labute approximate surface area is 92.1 Å². The summed E-state index contributed by atoms with van der Waals surface area (Å²) < 4.78 is 0. The zero-order chi connectivity index (χ0) is 10.9. The van der Waals surface area contributed by atoms with Gasteiger partial charge in [0.2, 0.25) is 0 Å². The number of unbranched alkanes of at least 4 members (excludes halogenated alkanes) is 2. The lowest BCUT2D eigenvalue weighted by molar-refractivity contribution is 0.689. The van der Waals surface area contributed by atoms with Crippen LogP contribution in [0, 0.1) is 18.8 Å². The van der Waals surface area contributed by atoms with Gasteiger partial charge in [-0.25, -0.2) is 4.98 Å². The molecule has 0 aliphatic rings. The lowest BCUT2D eigenvalue weighted by Gasteiger charge is -1.94. The summed E-state index contributed by atoms with van der Waals surface area (Å²) in [5.41, 5.74) is 2.05. The molecule has 80 valence electrons. The van der Waals surface area contributed by atoms with Crippen LogP contribution in [0.2, 0.25) is 0 Å². The zero-order valence-corrected chi connectivity index (χ0v) is 9.51. The van der Waals surface area contributed by atoms with Crippen LogP contribution >= 0.6 is 0 Å². The molecule has 1 aromatic heterocycles. The van der Waals surface area contributed by atoms with E-state index in [1.807, 2.05) is 32.3 Å². The van der Waals surface area contributed by atoms with Gasteiger partial charge in [-0.1, -0.05) is 12.0 Å². The lowest BCUT2D eigenvalue weighted by atomic mass is 10.2. The van der Waals surface area contributed by atoms with Crippen molar-refractivity contribution in [3.05, 3.63) is 29.6 Å². The molecule has 15 heavy (non-hydrogen) atoms. The zero-order valence-electron chi connectivity index (χ0n) is 9.51. The number of aryl methyl sites for hydroxylation is 1. The fourth-order valence-corrected chi connectivity index (χ4v) is 1.21. The molecule has 0 spiro atoms. The van der Waals surface area contributed by atoms with Gasteiger partial charge < -0.3 is 5.32 Å². The molecule has 0 atom stereocenters. The second-order valence-electron chi connectivity index (χ2n) is 3.58. The molecule has 1 N–H and O–H groups in total. The lowest BCUT2D eigenvalue weighted by Crippen LogP contribution is -2.06. The molecule has 0 radical (unpaired) electrons. The van der Waals surface area contributed by atoms with Gasteiger partial charge >= 0.3 is 0 Å². The summed E-state index contributed by atoms with van der Waals surface area (Å²) in [6, 6.07) is 4.01. The standard InChI is InChI=1S/C13H18N2/c1-12-8-9-13(15-11-12)7-5-3-4-6-10-14-2/h8-9,11,14H,3-4,6,10H2,1-2H3.